The summed E-state index contributed by atoms with van der Waals surface area (Å²) in [6.45, 7) is 6.15. The molecule has 2 rings (SSSR count). The van der Waals surface area contributed by atoms with Crippen LogP contribution in [0.3, 0.4) is 0 Å². The predicted octanol–water partition coefficient (Wildman–Crippen LogP) is 3.91. The first kappa shape index (κ1) is 23.8. The molecule has 0 fully saturated rings. The molecule has 0 spiro atoms. The Balaban J connectivity index is 0.00000364. The number of aliphatic imine (C=N–C) groups is 1. The van der Waals surface area contributed by atoms with E-state index in [0.29, 0.717) is 13.1 Å². The average molecular weight is 505 g/mol. The molecule has 2 aromatic rings. The molecule has 5 nitrogen and oxygen atoms in total. The van der Waals surface area contributed by atoms with Crippen LogP contribution in [0, 0.1) is 12.7 Å². The molecule has 1 unspecified atom stereocenters. The van der Waals surface area contributed by atoms with E-state index in [2.05, 4.69) is 32.4 Å². The van der Waals surface area contributed by atoms with Crippen molar-refractivity contribution in [2.75, 3.05) is 34.2 Å². The molecular weight excluding hydrogens is 476 g/mol. The first-order valence-corrected chi connectivity index (χ1v) is 9.61. The van der Waals surface area contributed by atoms with Crippen LogP contribution in [-0.2, 0) is 6.54 Å². The normalized spacial score (nSPS) is 12.6. The zero-order valence-electron chi connectivity index (χ0n) is 16.6. The highest BCUT2D eigenvalue weighted by atomic mass is 127. The molecule has 0 saturated heterocycles. The van der Waals surface area contributed by atoms with Gasteiger partial charge in [-0.05, 0) is 45.6 Å². The van der Waals surface area contributed by atoms with Crippen LogP contribution >= 0.6 is 35.3 Å². The van der Waals surface area contributed by atoms with Crippen molar-refractivity contribution in [3.05, 3.63) is 51.7 Å². The van der Waals surface area contributed by atoms with Crippen molar-refractivity contribution in [1.29, 1.82) is 0 Å². The number of guanidine groups is 1. The van der Waals surface area contributed by atoms with E-state index in [1.807, 2.05) is 40.2 Å². The highest BCUT2D eigenvalue weighted by Crippen LogP contribution is 2.19. The molecule has 1 aromatic heterocycles. The Morgan fingerprint density at radius 2 is 1.93 bits per heavy atom. The Labute approximate surface area is 182 Å². The maximum Gasteiger partial charge on any atom is 0.194 e. The molecule has 150 valence electrons. The Kier molecular flexibility index (Phi) is 10.2. The second-order valence-electron chi connectivity index (χ2n) is 6.44. The molecule has 0 aliphatic heterocycles. The standard InChI is InChI=1S/C19H28FN5S.HI/c1-6-21-19(25(5)12-17-13-26-14(2)23-17)22-11-18(24(3)4)15-7-9-16(20)10-8-15;/h7-10,13,18H,6,11-12H2,1-5H3,(H,21,22);1H. The van der Waals surface area contributed by atoms with Gasteiger partial charge in [-0.2, -0.15) is 0 Å². The molecule has 0 bridgehead atoms. The predicted molar refractivity (Wildman–Crippen MR) is 123 cm³/mol. The number of halogens is 2. The summed E-state index contributed by atoms with van der Waals surface area (Å²) in [6.07, 6.45) is 0. The van der Waals surface area contributed by atoms with Crippen molar-refractivity contribution >= 4 is 41.3 Å². The SMILES string of the molecule is CCNC(=NCC(c1ccc(F)cc1)N(C)C)N(C)Cc1csc(C)n1.I. The van der Waals surface area contributed by atoms with Gasteiger partial charge in [0, 0.05) is 19.0 Å². The van der Waals surface area contributed by atoms with Gasteiger partial charge in [-0.15, -0.1) is 35.3 Å². The first-order chi connectivity index (χ1) is 12.4. The molecule has 0 saturated carbocycles. The minimum Gasteiger partial charge on any atom is -0.357 e. The maximum absolute atomic E-state index is 13.2. The van der Waals surface area contributed by atoms with Crippen molar-refractivity contribution in [3.8, 4) is 0 Å². The van der Waals surface area contributed by atoms with Crippen molar-refractivity contribution in [3.63, 3.8) is 0 Å². The van der Waals surface area contributed by atoms with Crippen molar-refractivity contribution in [2.45, 2.75) is 26.4 Å². The van der Waals surface area contributed by atoms with Gasteiger partial charge in [0.15, 0.2) is 5.96 Å². The monoisotopic (exact) mass is 505 g/mol. The van der Waals surface area contributed by atoms with Gasteiger partial charge < -0.3 is 15.1 Å². The summed E-state index contributed by atoms with van der Waals surface area (Å²) in [7, 11) is 6.04. The Hall–Kier alpha value is -1.26. The zero-order valence-corrected chi connectivity index (χ0v) is 19.7. The Bertz CT molecular complexity index is 717. The lowest BCUT2D eigenvalue weighted by molar-refractivity contribution is 0.305. The summed E-state index contributed by atoms with van der Waals surface area (Å²) in [5.74, 6) is 0.619. The molecule has 0 aliphatic carbocycles. The van der Waals surface area contributed by atoms with Gasteiger partial charge >= 0.3 is 0 Å². The Morgan fingerprint density at radius 3 is 2.44 bits per heavy atom. The molecule has 8 heteroatoms. The Morgan fingerprint density at radius 1 is 1.26 bits per heavy atom. The number of benzene rings is 1. The largest absolute Gasteiger partial charge is 0.357 e. The van der Waals surface area contributed by atoms with Gasteiger partial charge in [-0.25, -0.2) is 9.37 Å². The van der Waals surface area contributed by atoms with Crippen LogP contribution in [0.5, 0.6) is 0 Å². The average Bonchev–Trinajstić information content (AvgIpc) is 3.00. The van der Waals surface area contributed by atoms with E-state index in [0.717, 1.165) is 28.8 Å². The number of likely N-dealkylation sites (N-methyl/N-ethyl adjacent to an activating group) is 1. The fourth-order valence-electron chi connectivity index (χ4n) is 2.69. The van der Waals surface area contributed by atoms with Gasteiger partial charge in [0.1, 0.15) is 5.82 Å². The number of rotatable bonds is 7. The first-order valence-electron chi connectivity index (χ1n) is 8.73. The molecule has 1 heterocycles. The number of aryl methyl sites for hydroxylation is 1. The minimum absolute atomic E-state index is 0. The number of aromatic nitrogens is 1. The molecule has 0 aliphatic rings. The molecule has 0 radical (unpaired) electrons. The van der Waals surface area contributed by atoms with Crippen LogP contribution in [-0.4, -0.2) is 55.0 Å². The van der Waals surface area contributed by atoms with Gasteiger partial charge in [-0.3, -0.25) is 4.99 Å². The van der Waals surface area contributed by atoms with Crippen LogP contribution in [0.2, 0.25) is 0 Å². The number of nitrogens with one attached hydrogen (secondary N) is 1. The molecule has 1 atom stereocenters. The molecule has 27 heavy (non-hydrogen) atoms. The van der Waals surface area contributed by atoms with E-state index in [9.17, 15) is 4.39 Å². The van der Waals surface area contributed by atoms with Gasteiger partial charge in [0.2, 0.25) is 0 Å². The second-order valence-corrected chi connectivity index (χ2v) is 7.50. The van der Waals surface area contributed by atoms with E-state index >= 15 is 0 Å². The van der Waals surface area contributed by atoms with Crippen LogP contribution in [0.15, 0.2) is 34.6 Å². The zero-order chi connectivity index (χ0) is 19.1. The summed E-state index contributed by atoms with van der Waals surface area (Å²) in [5.41, 5.74) is 2.09. The quantitative estimate of drug-likeness (QED) is 0.352. The van der Waals surface area contributed by atoms with Crippen LogP contribution in [0.4, 0.5) is 4.39 Å². The number of hydrogen-bond donors (Lipinski definition) is 1. The summed E-state index contributed by atoms with van der Waals surface area (Å²) >= 11 is 1.66. The van der Waals surface area contributed by atoms with Gasteiger partial charge in [0.25, 0.3) is 0 Å². The number of nitrogens with zero attached hydrogens (tertiary/aromatic N) is 4. The van der Waals surface area contributed by atoms with E-state index < -0.39 is 0 Å². The molecule has 1 N–H and O–H groups in total. The van der Waals surface area contributed by atoms with E-state index in [1.54, 1.807) is 11.3 Å². The smallest absolute Gasteiger partial charge is 0.194 e. The summed E-state index contributed by atoms with van der Waals surface area (Å²) in [6, 6.07) is 6.72. The lowest BCUT2D eigenvalue weighted by atomic mass is 10.1. The molecule has 1 aromatic carbocycles. The van der Waals surface area contributed by atoms with Crippen LogP contribution < -0.4 is 5.32 Å². The third kappa shape index (κ3) is 7.34. The van der Waals surface area contributed by atoms with E-state index in [1.165, 1.54) is 12.1 Å². The summed E-state index contributed by atoms with van der Waals surface area (Å²) in [4.78, 5) is 13.5. The highest BCUT2D eigenvalue weighted by Gasteiger charge is 2.15. The topological polar surface area (TPSA) is 43.8 Å². The van der Waals surface area contributed by atoms with E-state index in [4.69, 9.17) is 4.99 Å². The fourth-order valence-corrected chi connectivity index (χ4v) is 3.30. The van der Waals surface area contributed by atoms with Crippen molar-refractivity contribution < 1.29 is 4.39 Å². The highest BCUT2D eigenvalue weighted by molar-refractivity contribution is 14.0. The maximum atomic E-state index is 13.2. The lowest BCUT2D eigenvalue weighted by Gasteiger charge is -2.26. The van der Waals surface area contributed by atoms with Gasteiger partial charge in [-0.1, -0.05) is 12.1 Å². The van der Waals surface area contributed by atoms with Crippen molar-refractivity contribution in [2.24, 2.45) is 4.99 Å². The third-order valence-electron chi connectivity index (χ3n) is 4.05. The lowest BCUT2D eigenvalue weighted by Crippen LogP contribution is -2.39. The molecule has 0 amide bonds. The third-order valence-corrected chi connectivity index (χ3v) is 4.88. The van der Waals surface area contributed by atoms with E-state index in [-0.39, 0.29) is 35.8 Å². The number of hydrogen-bond acceptors (Lipinski definition) is 4. The number of thiazole rings is 1. The van der Waals surface area contributed by atoms with Crippen LogP contribution in [0.1, 0.15) is 29.2 Å². The summed E-state index contributed by atoms with van der Waals surface area (Å²) < 4.78 is 13.2. The summed E-state index contributed by atoms with van der Waals surface area (Å²) in [5, 5.41) is 6.49. The second kappa shape index (κ2) is 11.6. The van der Waals surface area contributed by atoms with Crippen molar-refractivity contribution in [1.82, 2.24) is 20.1 Å². The fraction of sp³-hybridized carbons (Fsp3) is 0.474. The minimum atomic E-state index is -0.221. The molecular formula is C19H29FIN5S. The van der Waals surface area contributed by atoms with Crippen LogP contribution in [0.25, 0.3) is 0 Å². The van der Waals surface area contributed by atoms with Gasteiger partial charge in [0.05, 0.1) is 29.8 Å².